The van der Waals surface area contributed by atoms with Crippen molar-refractivity contribution >= 4 is 22.9 Å². The Balaban J connectivity index is 1.83. The fraction of sp³-hybridized carbons (Fsp3) is 0.708. The summed E-state index contributed by atoms with van der Waals surface area (Å²) in [5.41, 5.74) is 0.978. The molecule has 2 fully saturated rings. The number of anilines is 1. The summed E-state index contributed by atoms with van der Waals surface area (Å²) in [5, 5.41) is 12.0. The SMILES string of the molecule is CC(C)(C)C#Cc1cc(N(C(=O)[C@H]2CC[C@H](C)CC2)[C@H]2CC[C@H](O)CC2)cs1. The van der Waals surface area contributed by atoms with Crippen LogP contribution >= 0.6 is 11.3 Å². The van der Waals surface area contributed by atoms with Crippen molar-refractivity contribution in [3.8, 4) is 11.8 Å². The Morgan fingerprint density at radius 2 is 1.75 bits per heavy atom. The van der Waals surface area contributed by atoms with Gasteiger partial charge in [0.25, 0.3) is 0 Å². The van der Waals surface area contributed by atoms with E-state index >= 15 is 0 Å². The molecule has 1 aromatic rings. The van der Waals surface area contributed by atoms with Crippen molar-refractivity contribution < 1.29 is 9.90 Å². The average molecular weight is 402 g/mol. The van der Waals surface area contributed by atoms with Crippen molar-refractivity contribution in [3.05, 3.63) is 16.3 Å². The molecule has 1 aromatic heterocycles. The molecule has 2 saturated carbocycles. The minimum Gasteiger partial charge on any atom is -0.393 e. The second-order valence-corrected chi connectivity index (χ2v) is 10.7. The van der Waals surface area contributed by atoms with Crippen molar-refractivity contribution in [1.29, 1.82) is 0 Å². The molecule has 28 heavy (non-hydrogen) atoms. The average Bonchev–Trinajstić information content (AvgIpc) is 3.10. The van der Waals surface area contributed by atoms with Crippen LogP contribution in [-0.4, -0.2) is 23.2 Å². The lowest BCUT2D eigenvalue weighted by molar-refractivity contribution is -0.124. The zero-order chi connectivity index (χ0) is 20.3. The summed E-state index contributed by atoms with van der Waals surface area (Å²) in [6.45, 7) is 8.63. The quantitative estimate of drug-likeness (QED) is 0.669. The number of aliphatic hydroxyl groups excluding tert-OH is 1. The highest BCUT2D eigenvalue weighted by atomic mass is 32.1. The number of hydrogen-bond acceptors (Lipinski definition) is 3. The normalized spacial score (nSPS) is 28.3. The molecule has 0 aliphatic heterocycles. The first-order chi connectivity index (χ1) is 13.2. The van der Waals surface area contributed by atoms with Gasteiger partial charge in [-0.25, -0.2) is 0 Å². The molecule has 1 N–H and O–H groups in total. The van der Waals surface area contributed by atoms with Crippen LogP contribution in [0.25, 0.3) is 0 Å². The summed E-state index contributed by atoms with van der Waals surface area (Å²) in [4.78, 5) is 16.6. The van der Waals surface area contributed by atoms with E-state index < -0.39 is 0 Å². The number of nitrogens with zero attached hydrogens (tertiary/aromatic N) is 1. The Bertz CT molecular complexity index is 720. The third-order valence-electron chi connectivity index (χ3n) is 6.06. The maximum absolute atomic E-state index is 13.5. The lowest BCUT2D eigenvalue weighted by Gasteiger charge is -2.38. The molecule has 2 aliphatic carbocycles. The maximum Gasteiger partial charge on any atom is 0.230 e. The molecule has 2 aliphatic rings. The topological polar surface area (TPSA) is 40.5 Å². The molecule has 0 spiro atoms. The van der Waals surface area contributed by atoms with Crippen LogP contribution < -0.4 is 4.90 Å². The lowest BCUT2D eigenvalue weighted by atomic mass is 9.81. The van der Waals surface area contributed by atoms with Crippen molar-refractivity contribution in [2.75, 3.05) is 4.90 Å². The molecule has 0 unspecified atom stereocenters. The van der Waals surface area contributed by atoms with E-state index in [-0.39, 0.29) is 23.5 Å². The van der Waals surface area contributed by atoms with E-state index in [1.54, 1.807) is 11.3 Å². The Morgan fingerprint density at radius 3 is 2.36 bits per heavy atom. The standard InChI is InChI=1S/C24H35NO2S/c1-17-5-7-18(8-6-17)23(27)25(19-9-11-21(26)12-10-19)20-15-22(28-16-20)13-14-24(2,3)4/h15-19,21,26H,5-12H2,1-4H3/t17-,18-,19-,21-. The van der Waals surface area contributed by atoms with E-state index in [0.29, 0.717) is 5.91 Å². The monoisotopic (exact) mass is 401 g/mol. The Morgan fingerprint density at radius 1 is 1.11 bits per heavy atom. The summed E-state index contributed by atoms with van der Waals surface area (Å²) in [6.07, 6.45) is 7.45. The van der Waals surface area contributed by atoms with Crippen molar-refractivity contribution in [2.45, 2.75) is 91.2 Å². The molecular formula is C24H35NO2S. The highest BCUT2D eigenvalue weighted by molar-refractivity contribution is 7.11. The third-order valence-corrected chi connectivity index (χ3v) is 6.89. The molecule has 1 heterocycles. The molecule has 1 amide bonds. The van der Waals surface area contributed by atoms with Gasteiger partial charge in [-0.2, -0.15) is 0 Å². The van der Waals surface area contributed by atoms with E-state index in [4.69, 9.17) is 0 Å². The van der Waals surface area contributed by atoms with Crippen LogP contribution in [-0.2, 0) is 4.79 Å². The highest BCUT2D eigenvalue weighted by Gasteiger charge is 2.35. The van der Waals surface area contributed by atoms with Crippen LogP contribution in [0.2, 0.25) is 0 Å². The second-order valence-electron chi connectivity index (χ2n) is 9.80. The summed E-state index contributed by atoms with van der Waals surface area (Å²) < 4.78 is 0. The molecule has 154 valence electrons. The van der Waals surface area contributed by atoms with Crippen LogP contribution in [0.15, 0.2) is 11.4 Å². The molecule has 3 rings (SSSR count). The molecular weight excluding hydrogens is 366 g/mol. The number of aliphatic hydroxyl groups is 1. The zero-order valence-corrected chi connectivity index (χ0v) is 18.6. The van der Waals surface area contributed by atoms with Gasteiger partial charge in [-0.05, 0) is 84.1 Å². The first-order valence-electron chi connectivity index (χ1n) is 10.9. The van der Waals surface area contributed by atoms with E-state index in [0.717, 1.165) is 67.8 Å². The first-order valence-corrected chi connectivity index (χ1v) is 11.7. The predicted molar refractivity (Wildman–Crippen MR) is 118 cm³/mol. The number of carbonyl (C=O) groups is 1. The van der Waals surface area contributed by atoms with Gasteiger partial charge < -0.3 is 10.0 Å². The number of hydrogen-bond donors (Lipinski definition) is 1. The first kappa shape index (κ1) is 21.4. The van der Waals surface area contributed by atoms with Gasteiger partial charge in [-0.15, -0.1) is 11.3 Å². The highest BCUT2D eigenvalue weighted by Crippen LogP contribution is 2.36. The van der Waals surface area contributed by atoms with E-state index in [1.807, 2.05) is 0 Å². The minimum absolute atomic E-state index is 0.0298. The van der Waals surface area contributed by atoms with Gasteiger partial charge in [-0.1, -0.05) is 18.8 Å². The zero-order valence-electron chi connectivity index (χ0n) is 17.8. The fourth-order valence-electron chi connectivity index (χ4n) is 4.31. The van der Waals surface area contributed by atoms with Crippen molar-refractivity contribution in [1.82, 2.24) is 0 Å². The van der Waals surface area contributed by atoms with Gasteiger partial charge in [0, 0.05) is 22.8 Å². The van der Waals surface area contributed by atoms with Crippen LogP contribution in [0.3, 0.4) is 0 Å². The third kappa shape index (κ3) is 5.61. The van der Waals surface area contributed by atoms with E-state index in [9.17, 15) is 9.90 Å². The van der Waals surface area contributed by atoms with Gasteiger partial charge in [0.1, 0.15) is 0 Å². The predicted octanol–water partition coefficient (Wildman–Crippen LogP) is 5.61. The van der Waals surface area contributed by atoms with Crippen LogP contribution in [0.4, 0.5) is 5.69 Å². The number of amides is 1. The van der Waals surface area contributed by atoms with Gasteiger partial charge in [-0.3, -0.25) is 4.79 Å². The Hall–Kier alpha value is -1.31. The summed E-state index contributed by atoms with van der Waals surface area (Å²) in [7, 11) is 0. The Kier molecular flexibility index (Phi) is 6.89. The molecule has 0 aromatic carbocycles. The minimum atomic E-state index is -0.209. The molecule has 4 heteroatoms. The smallest absolute Gasteiger partial charge is 0.230 e. The van der Waals surface area contributed by atoms with Crippen molar-refractivity contribution in [3.63, 3.8) is 0 Å². The summed E-state index contributed by atoms with van der Waals surface area (Å²) >= 11 is 1.63. The summed E-state index contributed by atoms with van der Waals surface area (Å²) in [5.74, 6) is 7.76. The van der Waals surface area contributed by atoms with Crippen LogP contribution in [0.1, 0.15) is 83.9 Å². The van der Waals surface area contributed by atoms with Gasteiger partial charge in [0.15, 0.2) is 0 Å². The Labute approximate surface area is 174 Å². The van der Waals surface area contributed by atoms with E-state index in [2.05, 4.69) is 55.9 Å². The molecule has 3 nitrogen and oxygen atoms in total. The maximum atomic E-state index is 13.5. The largest absolute Gasteiger partial charge is 0.393 e. The van der Waals surface area contributed by atoms with Gasteiger partial charge >= 0.3 is 0 Å². The van der Waals surface area contributed by atoms with Gasteiger partial charge in [0.05, 0.1) is 16.7 Å². The molecule has 0 radical (unpaired) electrons. The van der Waals surface area contributed by atoms with Crippen LogP contribution in [0.5, 0.6) is 0 Å². The van der Waals surface area contributed by atoms with Crippen molar-refractivity contribution in [2.24, 2.45) is 17.3 Å². The number of thiophene rings is 1. The van der Waals surface area contributed by atoms with Crippen LogP contribution in [0, 0.1) is 29.1 Å². The molecule has 0 bridgehead atoms. The lowest BCUT2D eigenvalue weighted by Crippen LogP contribution is -2.46. The molecule has 0 saturated heterocycles. The fourth-order valence-corrected chi connectivity index (χ4v) is 5.03. The summed E-state index contributed by atoms with van der Waals surface area (Å²) in [6, 6.07) is 2.30. The van der Waals surface area contributed by atoms with Gasteiger partial charge in [0.2, 0.25) is 5.91 Å². The number of rotatable bonds is 3. The number of carbonyl (C=O) groups excluding carboxylic acids is 1. The second kappa shape index (κ2) is 9.01. The van der Waals surface area contributed by atoms with E-state index in [1.165, 1.54) is 0 Å². The molecule has 0 atom stereocenters.